The third kappa shape index (κ3) is 8.21. The highest BCUT2D eigenvalue weighted by molar-refractivity contribution is 7.87. The Morgan fingerprint density at radius 1 is 0.525 bits per heavy atom. The lowest BCUT2D eigenvalue weighted by molar-refractivity contribution is 0.0414. The Balaban J connectivity index is 1.88. The van der Waals surface area contributed by atoms with Gasteiger partial charge in [0.05, 0.1) is 21.3 Å². The molecule has 12 heteroatoms. The molecule has 3 aromatic rings. The van der Waals surface area contributed by atoms with Gasteiger partial charge in [0.25, 0.3) is 30.4 Å². The number of benzene rings is 3. The molecule has 0 heterocycles. The predicted octanol–water partition coefficient (Wildman–Crippen LogP) is 4.65. The van der Waals surface area contributed by atoms with Gasteiger partial charge in [0, 0.05) is 0 Å². The van der Waals surface area contributed by atoms with Gasteiger partial charge in [-0.15, -0.1) is 0 Å². The van der Waals surface area contributed by atoms with Crippen LogP contribution in [0.5, 0.6) is 0 Å². The average Bonchev–Trinajstić information content (AvgIpc) is 2.95. The molecule has 0 aliphatic heterocycles. The van der Waals surface area contributed by atoms with Crippen molar-refractivity contribution in [3.8, 4) is 0 Å². The van der Waals surface area contributed by atoms with E-state index in [0.29, 0.717) is 19.3 Å². The maximum absolute atomic E-state index is 13.1. The van der Waals surface area contributed by atoms with E-state index in [2.05, 4.69) is 0 Å². The van der Waals surface area contributed by atoms with Gasteiger partial charge in [-0.1, -0.05) is 57.2 Å². The molecule has 0 N–H and O–H groups in total. The van der Waals surface area contributed by atoms with Crippen LogP contribution in [-0.2, 0) is 62.2 Å². The lowest BCUT2D eigenvalue weighted by atomic mass is 10.2. The fourth-order valence-corrected chi connectivity index (χ4v) is 6.82. The largest absolute Gasteiger partial charge is 0.297 e. The second-order valence-electron chi connectivity index (χ2n) is 9.08. The van der Waals surface area contributed by atoms with Crippen molar-refractivity contribution in [3.05, 3.63) is 89.5 Å². The molecule has 0 saturated carbocycles. The summed E-state index contributed by atoms with van der Waals surface area (Å²) in [5.41, 5.74) is 2.73. The fourth-order valence-electron chi connectivity index (χ4n) is 3.68. The summed E-state index contributed by atoms with van der Waals surface area (Å²) in [4.78, 5) is -0.463. The first-order chi connectivity index (χ1) is 18.8. The molecule has 2 atom stereocenters. The molecule has 2 unspecified atom stereocenters. The first-order valence-electron chi connectivity index (χ1n) is 12.8. The summed E-state index contributed by atoms with van der Waals surface area (Å²) in [5, 5.41) is 0. The Labute approximate surface area is 237 Å². The summed E-state index contributed by atoms with van der Waals surface area (Å²) in [6.45, 7) is 6.21. The number of rotatable bonds is 14. The zero-order chi connectivity index (χ0) is 29.6. The molecular weight excluding hydrogens is 577 g/mol. The number of hydrogen-bond acceptors (Lipinski definition) is 9. The highest BCUT2D eigenvalue weighted by Gasteiger charge is 2.33. The molecule has 0 radical (unpaired) electrons. The minimum Gasteiger partial charge on any atom is -0.263 e. The Hall–Kier alpha value is -2.61. The molecular formula is C28H34O9S3. The first-order valence-corrected chi connectivity index (χ1v) is 17.1. The van der Waals surface area contributed by atoms with E-state index in [-0.39, 0.29) is 14.7 Å². The van der Waals surface area contributed by atoms with Gasteiger partial charge in [-0.05, 0) is 79.3 Å². The minimum absolute atomic E-state index is 0.140. The molecule has 218 valence electrons. The Morgan fingerprint density at radius 2 is 0.850 bits per heavy atom. The van der Waals surface area contributed by atoms with Crippen molar-refractivity contribution >= 4 is 30.4 Å². The maximum atomic E-state index is 13.1. The molecule has 0 bridgehead atoms. The lowest BCUT2D eigenvalue weighted by Gasteiger charge is -2.23. The van der Waals surface area contributed by atoms with E-state index >= 15 is 0 Å². The van der Waals surface area contributed by atoms with E-state index in [9.17, 15) is 25.3 Å². The van der Waals surface area contributed by atoms with Crippen molar-refractivity contribution in [3.63, 3.8) is 0 Å². The van der Waals surface area contributed by atoms with E-state index in [0.717, 1.165) is 16.7 Å². The second-order valence-corrected chi connectivity index (χ2v) is 13.8. The van der Waals surface area contributed by atoms with Crippen LogP contribution in [0, 0.1) is 0 Å². The van der Waals surface area contributed by atoms with Crippen LogP contribution < -0.4 is 0 Å². The van der Waals surface area contributed by atoms with Crippen molar-refractivity contribution < 1.29 is 37.8 Å². The Bertz CT molecular complexity index is 1580. The Morgan fingerprint density at radius 3 is 1.20 bits per heavy atom. The van der Waals surface area contributed by atoms with Gasteiger partial charge >= 0.3 is 0 Å². The lowest BCUT2D eigenvalue weighted by Crippen LogP contribution is -2.37. The highest BCUT2D eigenvalue weighted by atomic mass is 32.2. The summed E-state index contributed by atoms with van der Waals surface area (Å²) >= 11 is 0. The molecule has 0 aromatic heterocycles. The molecule has 0 fully saturated rings. The topological polar surface area (TPSA) is 130 Å². The zero-order valence-electron chi connectivity index (χ0n) is 22.8. The fraction of sp³-hybridized carbons (Fsp3) is 0.357. The Kier molecular flexibility index (Phi) is 10.7. The van der Waals surface area contributed by atoms with Gasteiger partial charge in [-0.3, -0.25) is 12.5 Å². The summed E-state index contributed by atoms with van der Waals surface area (Å²) in [5.74, 6) is 0. The van der Waals surface area contributed by atoms with Gasteiger partial charge in [-0.25, -0.2) is 0 Å². The van der Waals surface area contributed by atoms with Gasteiger partial charge in [0.1, 0.15) is 12.2 Å². The monoisotopic (exact) mass is 610 g/mol. The summed E-state index contributed by atoms with van der Waals surface area (Å²) in [6.07, 6.45) is -0.976. The van der Waals surface area contributed by atoms with Crippen molar-refractivity contribution in [2.24, 2.45) is 0 Å². The van der Waals surface area contributed by atoms with Crippen molar-refractivity contribution in [2.75, 3.05) is 6.61 Å². The predicted molar refractivity (Wildman–Crippen MR) is 150 cm³/mol. The molecule has 3 aromatic carbocycles. The van der Waals surface area contributed by atoms with Crippen LogP contribution >= 0.6 is 0 Å². The standard InChI is InChI=1S/C28H34O9S3/c1-5-22-8-14-25(15-9-22)38(29,30)35-20-28(37-40(33,34)27-18-12-24(7-3)13-19-27)21(4)36-39(31,32)26-16-10-23(6-2)11-17-26/h8-19,21,28H,5-7,20H2,1-4H3. The van der Waals surface area contributed by atoms with E-state index in [4.69, 9.17) is 12.5 Å². The SMILES string of the molecule is CCc1ccc(S(=O)(=O)OCC(OS(=O)(=O)c2ccc(CC)cc2)C(C)OS(=O)(=O)c2ccc(CC)cc2)cc1. The van der Waals surface area contributed by atoms with Crippen LogP contribution in [0.25, 0.3) is 0 Å². The van der Waals surface area contributed by atoms with E-state index in [1.807, 2.05) is 20.8 Å². The summed E-state index contributed by atoms with van der Waals surface area (Å²) in [6, 6.07) is 18.0. The van der Waals surface area contributed by atoms with E-state index in [1.54, 1.807) is 36.4 Å². The van der Waals surface area contributed by atoms with Crippen molar-refractivity contribution in [1.29, 1.82) is 0 Å². The molecule has 0 saturated heterocycles. The zero-order valence-corrected chi connectivity index (χ0v) is 25.3. The van der Waals surface area contributed by atoms with Crippen LogP contribution in [0.4, 0.5) is 0 Å². The number of aryl methyl sites for hydroxylation is 3. The summed E-state index contributed by atoms with van der Waals surface area (Å²) in [7, 11) is -13.1. The summed E-state index contributed by atoms with van der Waals surface area (Å²) < 4.78 is 93.5. The van der Waals surface area contributed by atoms with Gasteiger partial charge < -0.3 is 0 Å². The quantitative estimate of drug-likeness (QED) is 0.240. The van der Waals surface area contributed by atoms with Gasteiger partial charge in [0.2, 0.25) is 0 Å². The van der Waals surface area contributed by atoms with Crippen LogP contribution in [0.15, 0.2) is 87.5 Å². The molecule has 9 nitrogen and oxygen atoms in total. The van der Waals surface area contributed by atoms with Gasteiger partial charge in [0.15, 0.2) is 0 Å². The normalized spacial score (nSPS) is 14.1. The molecule has 0 aliphatic rings. The molecule has 0 aliphatic carbocycles. The van der Waals surface area contributed by atoms with E-state index < -0.39 is 49.2 Å². The van der Waals surface area contributed by atoms with Crippen LogP contribution in [-0.4, -0.2) is 44.1 Å². The van der Waals surface area contributed by atoms with Crippen molar-refractivity contribution in [1.82, 2.24) is 0 Å². The van der Waals surface area contributed by atoms with Gasteiger partial charge in [-0.2, -0.15) is 25.3 Å². The molecule has 3 rings (SSSR count). The maximum Gasteiger partial charge on any atom is 0.297 e. The smallest absolute Gasteiger partial charge is 0.263 e. The number of hydrogen-bond donors (Lipinski definition) is 0. The second kappa shape index (κ2) is 13.4. The van der Waals surface area contributed by atoms with Crippen molar-refractivity contribution in [2.45, 2.75) is 73.9 Å². The van der Waals surface area contributed by atoms with Crippen LogP contribution in [0.3, 0.4) is 0 Å². The average molecular weight is 611 g/mol. The third-order valence-electron chi connectivity index (χ3n) is 6.30. The third-order valence-corrected chi connectivity index (χ3v) is 10.4. The molecule has 40 heavy (non-hydrogen) atoms. The highest BCUT2D eigenvalue weighted by Crippen LogP contribution is 2.23. The van der Waals surface area contributed by atoms with E-state index in [1.165, 1.54) is 43.3 Å². The van der Waals surface area contributed by atoms with Crippen LogP contribution in [0.2, 0.25) is 0 Å². The molecule has 0 amide bonds. The van der Waals surface area contributed by atoms with Crippen LogP contribution in [0.1, 0.15) is 44.4 Å². The molecule has 0 spiro atoms. The first kappa shape index (κ1) is 31.9. The minimum atomic E-state index is -4.45.